The molecule has 0 saturated carbocycles. The lowest BCUT2D eigenvalue weighted by atomic mass is 10.0. The van der Waals surface area contributed by atoms with E-state index >= 15 is 0 Å². The van der Waals surface area contributed by atoms with E-state index in [-0.39, 0.29) is 12.5 Å². The Morgan fingerprint density at radius 1 is 0.325 bits per heavy atom. The summed E-state index contributed by atoms with van der Waals surface area (Å²) in [7, 11) is 0. The topological polar surface area (TPSA) is 69.6 Å². The Morgan fingerprint density at radius 2 is 0.584 bits per heavy atom. The Hall–Kier alpha value is -2.95. The fraction of sp³-hybridized carbons (Fsp3) is 0.740. The van der Waals surface area contributed by atoms with Gasteiger partial charge in [0.2, 0.25) is 5.91 Å². The van der Waals surface area contributed by atoms with Gasteiger partial charge in [0, 0.05) is 6.42 Å². The minimum Gasteiger partial charge on any atom is -0.394 e. The first-order chi connectivity index (χ1) is 38.2. The van der Waals surface area contributed by atoms with E-state index in [0.717, 1.165) is 77.0 Å². The molecule has 0 aliphatic carbocycles. The van der Waals surface area contributed by atoms with Crippen LogP contribution in [0.2, 0.25) is 0 Å². The average Bonchev–Trinajstić information content (AvgIpc) is 3.43. The van der Waals surface area contributed by atoms with Gasteiger partial charge in [-0.2, -0.15) is 0 Å². The Kier molecular flexibility index (Phi) is 64.7. The number of carbonyl (C=O) groups is 1. The third kappa shape index (κ3) is 63.8. The van der Waals surface area contributed by atoms with Crippen molar-refractivity contribution in [3.05, 3.63) is 109 Å². The fourth-order valence-corrected chi connectivity index (χ4v) is 9.94. The summed E-state index contributed by atoms with van der Waals surface area (Å²) in [6.07, 6.45) is 102. The van der Waals surface area contributed by atoms with Crippen molar-refractivity contribution < 1.29 is 15.0 Å². The first kappa shape index (κ1) is 74.0. The SMILES string of the molecule is CC/C=C\C/C=C\C/C=C\C/C=C\C/C=C\C/C=C\C/C=C\CCCCCCCCCCCCCCCCCC(=O)NC(CO)C(O)/C=C/CC/C=C/CCCCCCCCCCCCCCCCCCCCCCCC. The van der Waals surface area contributed by atoms with Crippen molar-refractivity contribution >= 4 is 5.91 Å². The maximum absolute atomic E-state index is 12.5. The van der Waals surface area contributed by atoms with Gasteiger partial charge in [-0.1, -0.05) is 342 Å². The summed E-state index contributed by atoms with van der Waals surface area (Å²) in [6.45, 7) is 4.21. The number of aliphatic hydroxyl groups excluding tert-OH is 2. The van der Waals surface area contributed by atoms with Crippen LogP contribution in [0.4, 0.5) is 0 Å². The molecule has 0 saturated heterocycles. The monoisotopic (exact) mass is 1070 g/mol. The number of rotatable bonds is 61. The average molecular weight is 1070 g/mol. The molecule has 0 bridgehead atoms. The quantitative estimate of drug-likeness (QED) is 0.0420. The summed E-state index contributed by atoms with van der Waals surface area (Å²) in [6, 6.07) is -0.646. The molecule has 0 heterocycles. The Morgan fingerprint density at radius 3 is 0.909 bits per heavy atom. The van der Waals surface area contributed by atoms with Crippen molar-refractivity contribution in [2.24, 2.45) is 0 Å². The zero-order valence-electron chi connectivity index (χ0n) is 51.2. The molecule has 0 aromatic rings. The van der Waals surface area contributed by atoms with Crippen LogP contribution in [0.3, 0.4) is 0 Å². The number of hydrogen-bond acceptors (Lipinski definition) is 3. The van der Waals surface area contributed by atoms with Crippen LogP contribution in [0.5, 0.6) is 0 Å². The second kappa shape index (κ2) is 67.3. The van der Waals surface area contributed by atoms with Crippen molar-refractivity contribution in [1.29, 1.82) is 0 Å². The van der Waals surface area contributed by atoms with Crippen LogP contribution < -0.4 is 5.32 Å². The summed E-state index contributed by atoms with van der Waals surface area (Å²) in [4.78, 5) is 12.5. The standard InChI is InChI=1S/C73H129NO3/c1-3-5-7-9-11-13-15-17-19-21-23-25-27-29-31-33-34-35-36-37-38-39-40-41-43-45-47-49-51-53-55-57-59-61-63-65-67-69-73(77)74-71(70-75)72(76)68-66-64-62-60-58-56-54-52-50-48-46-44-42-32-30-28-26-24-22-20-18-16-14-12-10-8-6-4-2/h5,7,11,13,17,19,23,25,29,31,34-35,37-38,58,60,66,68,71-72,75-76H,3-4,6,8-10,12,14-16,18,20-22,24,26-28,30,32-33,36,39-57,59,61-65,67,69-70H2,1-2H3,(H,74,77)/b7-5-,13-11-,19-17-,25-23-,31-29-,35-34-,38-37-,60-58+,68-66+. The van der Waals surface area contributed by atoms with Crippen molar-refractivity contribution in [2.45, 2.75) is 341 Å². The summed E-state index contributed by atoms with van der Waals surface area (Å²) < 4.78 is 0. The molecular formula is C73H129NO3. The third-order valence-electron chi connectivity index (χ3n) is 15.0. The summed E-state index contributed by atoms with van der Waals surface area (Å²) in [5.74, 6) is -0.0737. The highest BCUT2D eigenvalue weighted by atomic mass is 16.3. The van der Waals surface area contributed by atoms with Crippen molar-refractivity contribution in [1.82, 2.24) is 5.32 Å². The molecule has 4 nitrogen and oxygen atoms in total. The molecule has 0 spiro atoms. The molecule has 0 aromatic carbocycles. The van der Waals surface area contributed by atoms with Crippen LogP contribution in [0.15, 0.2) is 109 Å². The van der Waals surface area contributed by atoms with Gasteiger partial charge < -0.3 is 15.5 Å². The largest absolute Gasteiger partial charge is 0.394 e. The minimum atomic E-state index is -0.869. The zero-order valence-corrected chi connectivity index (χ0v) is 51.2. The van der Waals surface area contributed by atoms with Gasteiger partial charge >= 0.3 is 0 Å². The highest BCUT2D eigenvalue weighted by molar-refractivity contribution is 5.76. The molecule has 2 unspecified atom stereocenters. The summed E-state index contributed by atoms with van der Waals surface area (Å²) in [5.41, 5.74) is 0. The zero-order chi connectivity index (χ0) is 55.5. The summed E-state index contributed by atoms with van der Waals surface area (Å²) >= 11 is 0. The van der Waals surface area contributed by atoms with E-state index in [0.29, 0.717) is 6.42 Å². The second-order valence-corrected chi connectivity index (χ2v) is 22.5. The van der Waals surface area contributed by atoms with Gasteiger partial charge in [0.05, 0.1) is 18.8 Å². The molecule has 0 radical (unpaired) electrons. The van der Waals surface area contributed by atoms with Gasteiger partial charge in [-0.25, -0.2) is 0 Å². The molecule has 3 N–H and O–H groups in total. The van der Waals surface area contributed by atoms with E-state index < -0.39 is 12.1 Å². The normalized spacial score (nSPS) is 13.5. The van der Waals surface area contributed by atoms with Crippen LogP contribution in [-0.2, 0) is 4.79 Å². The smallest absolute Gasteiger partial charge is 0.220 e. The molecule has 444 valence electrons. The number of hydrogen-bond donors (Lipinski definition) is 3. The van der Waals surface area contributed by atoms with E-state index in [2.05, 4.69) is 116 Å². The van der Waals surface area contributed by atoms with Crippen molar-refractivity contribution in [3.8, 4) is 0 Å². The van der Waals surface area contributed by atoms with Gasteiger partial charge in [-0.05, 0) is 89.9 Å². The molecule has 0 rings (SSSR count). The summed E-state index contributed by atoms with van der Waals surface area (Å²) in [5, 5.41) is 23.3. The molecular weight excluding hydrogens is 939 g/mol. The van der Waals surface area contributed by atoms with Crippen LogP contribution >= 0.6 is 0 Å². The van der Waals surface area contributed by atoms with Gasteiger partial charge in [0.15, 0.2) is 0 Å². The predicted molar refractivity (Wildman–Crippen MR) is 345 cm³/mol. The van der Waals surface area contributed by atoms with E-state index in [1.165, 1.54) is 231 Å². The lowest BCUT2D eigenvalue weighted by molar-refractivity contribution is -0.123. The van der Waals surface area contributed by atoms with Gasteiger partial charge in [-0.15, -0.1) is 0 Å². The highest BCUT2D eigenvalue weighted by Crippen LogP contribution is 2.17. The van der Waals surface area contributed by atoms with Gasteiger partial charge in [0.25, 0.3) is 0 Å². The van der Waals surface area contributed by atoms with Gasteiger partial charge in [0.1, 0.15) is 0 Å². The Balaban J connectivity index is 3.53. The number of aliphatic hydroxyl groups is 2. The first-order valence-electron chi connectivity index (χ1n) is 33.6. The molecule has 0 aliphatic rings. The van der Waals surface area contributed by atoms with Crippen molar-refractivity contribution in [3.63, 3.8) is 0 Å². The molecule has 2 atom stereocenters. The molecule has 0 aromatic heterocycles. The van der Waals surface area contributed by atoms with Crippen LogP contribution in [0, 0.1) is 0 Å². The Bertz CT molecular complexity index is 1440. The number of amides is 1. The lowest BCUT2D eigenvalue weighted by Gasteiger charge is -2.19. The second-order valence-electron chi connectivity index (χ2n) is 22.5. The number of carbonyl (C=O) groups excluding carboxylic acids is 1. The molecule has 4 heteroatoms. The van der Waals surface area contributed by atoms with Crippen LogP contribution in [0.1, 0.15) is 328 Å². The molecule has 0 fully saturated rings. The van der Waals surface area contributed by atoms with Gasteiger partial charge in [-0.3, -0.25) is 4.79 Å². The van der Waals surface area contributed by atoms with Crippen LogP contribution in [-0.4, -0.2) is 34.9 Å². The minimum absolute atomic E-state index is 0.0737. The van der Waals surface area contributed by atoms with Crippen LogP contribution in [0.25, 0.3) is 0 Å². The molecule has 1 amide bonds. The number of nitrogens with one attached hydrogen (secondary N) is 1. The van der Waals surface area contributed by atoms with E-state index in [1.54, 1.807) is 6.08 Å². The third-order valence-corrected chi connectivity index (χ3v) is 15.0. The first-order valence-corrected chi connectivity index (χ1v) is 33.6. The molecule has 77 heavy (non-hydrogen) atoms. The highest BCUT2D eigenvalue weighted by Gasteiger charge is 2.18. The number of allylic oxidation sites excluding steroid dienone is 17. The van der Waals surface area contributed by atoms with Crippen molar-refractivity contribution in [2.75, 3.05) is 6.61 Å². The van der Waals surface area contributed by atoms with E-state index in [4.69, 9.17) is 0 Å². The maximum Gasteiger partial charge on any atom is 0.220 e. The number of unbranched alkanes of at least 4 members (excludes halogenated alkanes) is 38. The van der Waals surface area contributed by atoms with E-state index in [9.17, 15) is 15.0 Å². The molecule has 0 aliphatic heterocycles. The fourth-order valence-electron chi connectivity index (χ4n) is 9.94. The predicted octanol–water partition coefficient (Wildman–Crippen LogP) is 23.0. The lowest BCUT2D eigenvalue weighted by Crippen LogP contribution is -2.45. The van der Waals surface area contributed by atoms with E-state index in [1.807, 2.05) is 6.08 Å². The Labute approximate surface area is 480 Å². The maximum atomic E-state index is 12.5.